The Hall–Kier alpha value is 1.23. The van der Waals surface area contributed by atoms with Gasteiger partial charge in [-0.1, -0.05) is 69.6 Å². The highest BCUT2D eigenvalue weighted by molar-refractivity contribution is 9.09. The lowest BCUT2D eigenvalue weighted by Crippen LogP contribution is -1.76. The minimum Gasteiger partial charge on any atom is -0.0830 e. The van der Waals surface area contributed by atoms with E-state index in [-0.39, 0.29) is 0 Å². The molecule has 0 radical (unpaired) electrons. The number of hydrogen-bond donors (Lipinski definition) is 0. The van der Waals surface area contributed by atoms with E-state index in [1.165, 1.54) is 31.4 Å². The van der Waals surface area contributed by atoms with Crippen LogP contribution in [0.5, 0.6) is 0 Å². The zero-order valence-electron chi connectivity index (χ0n) is 9.80. The van der Waals surface area contributed by atoms with Crippen LogP contribution in [0.3, 0.4) is 0 Å². The van der Waals surface area contributed by atoms with Crippen LogP contribution in [-0.2, 0) is 0 Å². The third-order valence-electron chi connectivity index (χ3n) is 2.20. The van der Waals surface area contributed by atoms with Gasteiger partial charge in [-0.15, -0.1) is 0 Å². The molecule has 2 aromatic carbocycles. The fraction of sp³-hybridized carbons (Fsp3) is 0. The molecule has 0 saturated heterocycles. The number of hydrogen-bond acceptors (Lipinski definition) is 3. The van der Waals surface area contributed by atoms with E-state index >= 15 is 0 Å². The van der Waals surface area contributed by atoms with E-state index in [1.54, 1.807) is 24.3 Å². The highest BCUT2D eigenvalue weighted by Gasteiger charge is 2.10. The Balaban J connectivity index is 2.05. The van der Waals surface area contributed by atoms with E-state index in [4.69, 9.17) is 69.6 Å². The molecule has 2 rings (SSSR count). The first-order valence-corrected chi connectivity index (χ1v) is 10.9. The van der Waals surface area contributed by atoms with Crippen molar-refractivity contribution >= 4 is 101 Å². The van der Waals surface area contributed by atoms with Crippen LogP contribution >= 0.6 is 101 Å². The fourth-order valence-corrected chi connectivity index (χ4v) is 6.74. The average molecular weight is 457 g/mol. The van der Waals surface area contributed by atoms with Crippen molar-refractivity contribution in [3.8, 4) is 0 Å². The second kappa shape index (κ2) is 8.36. The molecule has 0 bridgehead atoms. The van der Waals surface area contributed by atoms with Crippen molar-refractivity contribution in [1.29, 1.82) is 0 Å². The van der Waals surface area contributed by atoms with Gasteiger partial charge < -0.3 is 0 Å². The van der Waals surface area contributed by atoms with Crippen molar-refractivity contribution in [3.05, 3.63) is 54.4 Å². The standard InChI is InChI=1S/C12H4Cl6S3/c13-5-1-9(17)11(3-7(5)15)19-21-20-12-4-8(16)6(14)2-10(12)18/h1-4H. The first-order valence-electron chi connectivity index (χ1n) is 5.18. The van der Waals surface area contributed by atoms with Crippen LogP contribution in [0, 0.1) is 0 Å². The Labute approximate surface area is 163 Å². The lowest BCUT2D eigenvalue weighted by molar-refractivity contribution is 1.47. The molecule has 0 nitrogen and oxygen atoms in total. The van der Waals surface area contributed by atoms with Crippen LogP contribution in [0.15, 0.2) is 34.1 Å². The SMILES string of the molecule is Clc1cc(Cl)c(SSSc2cc(Cl)c(Cl)cc2Cl)cc1Cl. The molecule has 0 fully saturated rings. The van der Waals surface area contributed by atoms with Crippen molar-refractivity contribution in [2.24, 2.45) is 0 Å². The summed E-state index contributed by atoms with van der Waals surface area (Å²) in [5.41, 5.74) is 0. The second-order valence-corrected chi connectivity index (χ2v) is 10.1. The summed E-state index contributed by atoms with van der Waals surface area (Å²) in [6, 6.07) is 6.68. The average Bonchev–Trinajstić information content (AvgIpc) is 2.41. The van der Waals surface area contributed by atoms with Crippen molar-refractivity contribution in [3.63, 3.8) is 0 Å². The number of rotatable bonds is 4. The molecule has 0 atom stereocenters. The Kier molecular flexibility index (Phi) is 7.40. The van der Waals surface area contributed by atoms with Crippen LogP contribution in [-0.4, -0.2) is 0 Å². The summed E-state index contributed by atoms with van der Waals surface area (Å²) in [5.74, 6) is 0. The van der Waals surface area contributed by atoms with Gasteiger partial charge in [0.15, 0.2) is 0 Å². The normalized spacial score (nSPS) is 11.0. The summed E-state index contributed by atoms with van der Waals surface area (Å²) in [6.45, 7) is 0. The van der Waals surface area contributed by atoms with Crippen molar-refractivity contribution in [2.75, 3.05) is 0 Å². The molecular formula is C12H4Cl6S3. The van der Waals surface area contributed by atoms with E-state index in [0.717, 1.165) is 9.79 Å². The highest BCUT2D eigenvalue weighted by atomic mass is 35.5. The van der Waals surface area contributed by atoms with Gasteiger partial charge >= 0.3 is 0 Å². The van der Waals surface area contributed by atoms with Crippen LogP contribution in [0.4, 0.5) is 0 Å². The van der Waals surface area contributed by atoms with Crippen LogP contribution in [0.1, 0.15) is 0 Å². The lowest BCUT2D eigenvalue weighted by atomic mass is 10.4. The third kappa shape index (κ3) is 5.10. The van der Waals surface area contributed by atoms with Crippen molar-refractivity contribution < 1.29 is 0 Å². The summed E-state index contributed by atoms with van der Waals surface area (Å²) in [5, 5.41) is 2.86. The quantitative estimate of drug-likeness (QED) is 0.332. The summed E-state index contributed by atoms with van der Waals surface area (Å²) >= 11 is 35.9. The van der Waals surface area contributed by atoms with Gasteiger partial charge in [-0.3, -0.25) is 0 Å². The van der Waals surface area contributed by atoms with E-state index < -0.39 is 0 Å². The van der Waals surface area contributed by atoms with Gasteiger partial charge in [0, 0.05) is 9.79 Å². The summed E-state index contributed by atoms with van der Waals surface area (Å²) in [6.07, 6.45) is 0. The largest absolute Gasteiger partial charge is 0.0830 e. The third-order valence-corrected chi connectivity index (χ3v) is 8.37. The first kappa shape index (κ1) is 18.6. The molecule has 21 heavy (non-hydrogen) atoms. The summed E-state index contributed by atoms with van der Waals surface area (Å²) in [7, 11) is 4.38. The summed E-state index contributed by atoms with van der Waals surface area (Å²) < 4.78 is 0. The predicted molar refractivity (Wildman–Crippen MR) is 102 cm³/mol. The van der Waals surface area contributed by atoms with Gasteiger partial charge in [0.1, 0.15) is 0 Å². The molecule has 0 amide bonds. The Morgan fingerprint density at radius 3 is 1.19 bits per heavy atom. The highest BCUT2D eigenvalue weighted by Crippen LogP contribution is 2.50. The number of halogens is 6. The fourth-order valence-electron chi connectivity index (χ4n) is 1.23. The molecule has 0 aliphatic carbocycles. The topological polar surface area (TPSA) is 0 Å². The minimum absolute atomic E-state index is 0.427. The molecular weight excluding hydrogens is 453 g/mol. The van der Waals surface area contributed by atoms with Gasteiger partial charge in [-0.05, 0) is 55.7 Å². The monoisotopic (exact) mass is 454 g/mol. The van der Waals surface area contributed by atoms with Gasteiger partial charge in [-0.2, -0.15) is 0 Å². The van der Waals surface area contributed by atoms with Gasteiger partial charge in [0.2, 0.25) is 0 Å². The van der Waals surface area contributed by atoms with E-state index in [1.807, 2.05) is 0 Å². The van der Waals surface area contributed by atoms with E-state index in [9.17, 15) is 0 Å². The molecule has 0 spiro atoms. The predicted octanol–water partition coefficient (Wildman–Crippen LogP) is 9.05. The first-order chi connectivity index (χ1) is 9.88. The van der Waals surface area contributed by atoms with Crippen molar-refractivity contribution in [1.82, 2.24) is 0 Å². The van der Waals surface area contributed by atoms with E-state index in [2.05, 4.69) is 0 Å². The van der Waals surface area contributed by atoms with Crippen LogP contribution in [0.25, 0.3) is 0 Å². The molecule has 0 aromatic heterocycles. The molecule has 112 valence electrons. The molecule has 0 saturated carbocycles. The van der Waals surface area contributed by atoms with Gasteiger partial charge in [-0.25, -0.2) is 0 Å². The second-order valence-electron chi connectivity index (χ2n) is 3.63. The molecule has 9 heteroatoms. The molecule has 0 aliphatic rings. The molecule has 2 aromatic rings. The molecule has 0 aliphatic heterocycles. The smallest absolute Gasteiger partial charge is 0.0607 e. The maximum atomic E-state index is 6.11. The van der Waals surface area contributed by atoms with Crippen LogP contribution in [0.2, 0.25) is 30.1 Å². The Bertz CT molecular complexity index is 619. The van der Waals surface area contributed by atoms with Gasteiger partial charge in [0.05, 0.1) is 30.1 Å². The zero-order valence-corrected chi connectivity index (χ0v) is 16.8. The minimum atomic E-state index is 0.427. The Morgan fingerprint density at radius 1 is 0.476 bits per heavy atom. The molecule has 0 unspecified atom stereocenters. The van der Waals surface area contributed by atoms with E-state index in [0.29, 0.717) is 30.1 Å². The lowest BCUT2D eigenvalue weighted by Gasteiger charge is -2.07. The van der Waals surface area contributed by atoms with Crippen LogP contribution < -0.4 is 0 Å². The zero-order chi connectivity index (χ0) is 15.6. The molecule has 0 N–H and O–H groups in total. The summed E-state index contributed by atoms with van der Waals surface area (Å²) in [4.78, 5) is 1.64. The molecule has 0 heterocycles. The maximum absolute atomic E-state index is 6.11. The maximum Gasteiger partial charge on any atom is 0.0607 e. The number of benzene rings is 2. The Morgan fingerprint density at radius 2 is 0.810 bits per heavy atom. The van der Waals surface area contributed by atoms with Crippen molar-refractivity contribution in [2.45, 2.75) is 9.79 Å². The van der Waals surface area contributed by atoms with Gasteiger partial charge in [0.25, 0.3) is 0 Å².